The van der Waals surface area contributed by atoms with E-state index in [1.807, 2.05) is 18.2 Å². The third kappa shape index (κ3) is 2.19. The van der Waals surface area contributed by atoms with E-state index in [-0.39, 0.29) is 5.60 Å². The second-order valence-electron chi connectivity index (χ2n) is 5.45. The first kappa shape index (κ1) is 12.1. The van der Waals surface area contributed by atoms with Crippen LogP contribution in [0.15, 0.2) is 36.9 Å². The maximum Gasteiger partial charge on any atom is 0.129 e. The van der Waals surface area contributed by atoms with E-state index in [9.17, 15) is 5.11 Å². The average Bonchev–Trinajstić information content (AvgIpc) is 2.72. The Labute approximate surface area is 112 Å². The van der Waals surface area contributed by atoms with Crippen LogP contribution in [0.5, 0.6) is 5.75 Å². The van der Waals surface area contributed by atoms with Gasteiger partial charge >= 0.3 is 0 Å². The summed E-state index contributed by atoms with van der Waals surface area (Å²) >= 11 is 0. The first-order valence-corrected chi connectivity index (χ1v) is 6.31. The monoisotopic (exact) mass is 256 g/mol. The maximum absolute atomic E-state index is 10.5. The van der Waals surface area contributed by atoms with Crippen molar-refractivity contribution < 1.29 is 9.84 Å². The fourth-order valence-electron chi connectivity index (χ4n) is 2.49. The summed E-state index contributed by atoms with van der Waals surface area (Å²) in [5.41, 5.74) is 2.37. The standard InChI is InChI=1S/C15H16N2O2/c1-15(2)6-10-4-3-5-12(14(10)19-15)13(18)11-7-16-9-17-8-11/h3-5,7-9,13,18H,6H2,1-2H3. The van der Waals surface area contributed by atoms with Crippen molar-refractivity contribution in [2.75, 3.05) is 0 Å². The number of para-hydroxylation sites is 1. The molecule has 0 radical (unpaired) electrons. The third-order valence-corrected chi connectivity index (χ3v) is 3.31. The highest BCUT2D eigenvalue weighted by molar-refractivity contribution is 5.48. The molecule has 19 heavy (non-hydrogen) atoms. The van der Waals surface area contributed by atoms with Crippen LogP contribution in [0.4, 0.5) is 0 Å². The van der Waals surface area contributed by atoms with E-state index in [2.05, 4.69) is 23.8 Å². The van der Waals surface area contributed by atoms with Crippen LogP contribution in [0.2, 0.25) is 0 Å². The quantitative estimate of drug-likeness (QED) is 0.895. The molecular formula is C15H16N2O2. The highest BCUT2D eigenvalue weighted by Crippen LogP contribution is 2.41. The van der Waals surface area contributed by atoms with Gasteiger partial charge in [0.15, 0.2) is 0 Å². The molecule has 4 nitrogen and oxygen atoms in total. The van der Waals surface area contributed by atoms with Crippen LogP contribution in [0.25, 0.3) is 0 Å². The number of nitrogens with zero attached hydrogens (tertiary/aromatic N) is 2. The molecule has 0 fully saturated rings. The van der Waals surface area contributed by atoms with Gasteiger partial charge in [0.2, 0.25) is 0 Å². The van der Waals surface area contributed by atoms with Gasteiger partial charge in [-0.25, -0.2) is 9.97 Å². The molecule has 1 aliphatic heterocycles. The van der Waals surface area contributed by atoms with Gasteiger partial charge in [-0.3, -0.25) is 0 Å². The van der Waals surface area contributed by atoms with Gasteiger partial charge in [0.05, 0.1) is 0 Å². The Bertz CT molecular complexity index is 596. The summed E-state index contributed by atoms with van der Waals surface area (Å²) in [6.45, 7) is 4.10. The lowest BCUT2D eigenvalue weighted by Gasteiger charge is -2.19. The van der Waals surface area contributed by atoms with Gasteiger partial charge in [0, 0.05) is 29.9 Å². The minimum Gasteiger partial charge on any atom is -0.487 e. The molecule has 2 heterocycles. The fourth-order valence-corrected chi connectivity index (χ4v) is 2.49. The van der Waals surface area contributed by atoms with Crippen molar-refractivity contribution in [1.29, 1.82) is 0 Å². The van der Waals surface area contributed by atoms with Gasteiger partial charge in [-0.1, -0.05) is 18.2 Å². The van der Waals surface area contributed by atoms with Gasteiger partial charge in [-0.05, 0) is 19.4 Å². The third-order valence-electron chi connectivity index (χ3n) is 3.31. The summed E-state index contributed by atoms with van der Waals surface area (Å²) in [5, 5.41) is 10.5. The van der Waals surface area contributed by atoms with E-state index in [4.69, 9.17) is 4.74 Å². The van der Waals surface area contributed by atoms with Gasteiger partial charge in [0.1, 0.15) is 23.8 Å². The van der Waals surface area contributed by atoms with Gasteiger partial charge in [-0.2, -0.15) is 0 Å². The second-order valence-corrected chi connectivity index (χ2v) is 5.45. The van der Waals surface area contributed by atoms with E-state index in [0.717, 1.165) is 23.3 Å². The number of hydrogen-bond acceptors (Lipinski definition) is 4. The SMILES string of the molecule is CC1(C)Cc2cccc(C(O)c3cncnc3)c2O1. The number of rotatable bonds is 2. The Hall–Kier alpha value is -1.94. The number of ether oxygens (including phenoxy) is 1. The highest BCUT2D eigenvalue weighted by Gasteiger charge is 2.33. The number of aromatic nitrogens is 2. The number of aliphatic hydroxyl groups is 1. The summed E-state index contributed by atoms with van der Waals surface area (Å²) in [6, 6.07) is 5.88. The Balaban J connectivity index is 2.02. The summed E-state index contributed by atoms with van der Waals surface area (Å²) in [5.74, 6) is 0.795. The summed E-state index contributed by atoms with van der Waals surface area (Å²) < 4.78 is 5.97. The molecule has 0 spiro atoms. The van der Waals surface area contributed by atoms with Crippen molar-refractivity contribution in [3.63, 3.8) is 0 Å². The minimum atomic E-state index is -0.759. The average molecular weight is 256 g/mol. The summed E-state index contributed by atoms with van der Waals surface area (Å²) in [6.07, 6.45) is 4.79. The number of aliphatic hydroxyl groups excluding tert-OH is 1. The molecule has 1 N–H and O–H groups in total. The molecule has 1 atom stereocenters. The maximum atomic E-state index is 10.5. The molecule has 2 aromatic rings. The van der Waals surface area contributed by atoms with Crippen molar-refractivity contribution in [1.82, 2.24) is 9.97 Å². The number of hydrogen-bond donors (Lipinski definition) is 1. The largest absolute Gasteiger partial charge is 0.487 e. The van der Waals surface area contributed by atoms with Crippen LogP contribution < -0.4 is 4.74 Å². The van der Waals surface area contributed by atoms with Gasteiger partial charge in [-0.15, -0.1) is 0 Å². The zero-order chi connectivity index (χ0) is 13.5. The van der Waals surface area contributed by atoms with E-state index >= 15 is 0 Å². The van der Waals surface area contributed by atoms with E-state index in [1.54, 1.807) is 12.4 Å². The van der Waals surface area contributed by atoms with E-state index in [0.29, 0.717) is 5.56 Å². The van der Waals surface area contributed by atoms with Crippen molar-refractivity contribution >= 4 is 0 Å². The molecule has 0 saturated heterocycles. The molecule has 1 aromatic heterocycles. The Kier molecular flexibility index (Phi) is 2.75. The van der Waals surface area contributed by atoms with Crippen LogP contribution in [-0.2, 0) is 6.42 Å². The van der Waals surface area contributed by atoms with Crippen LogP contribution >= 0.6 is 0 Å². The van der Waals surface area contributed by atoms with Crippen molar-refractivity contribution in [3.05, 3.63) is 53.6 Å². The molecule has 1 unspecified atom stereocenters. The molecular weight excluding hydrogens is 240 g/mol. The van der Waals surface area contributed by atoms with Crippen LogP contribution in [-0.4, -0.2) is 20.7 Å². The molecule has 0 amide bonds. The van der Waals surface area contributed by atoms with Crippen LogP contribution in [0.1, 0.15) is 36.6 Å². The smallest absolute Gasteiger partial charge is 0.129 e. The van der Waals surface area contributed by atoms with Crippen LogP contribution in [0.3, 0.4) is 0 Å². The van der Waals surface area contributed by atoms with E-state index < -0.39 is 6.10 Å². The minimum absolute atomic E-state index is 0.217. The van der Waals surface area contributed by atoms with Gasteiger partial charge in [0.25, 0.3) is 0 Å². The molecule has 98 valence electrons. The topological polar surface area (TPSA) is 55.2 Å². The van der Waals surface area contributed by atoms with Gasteiger partial charge < -0.3 is 9.84 Å². The lowest BCUT2D eigenvalue weighted by Crippen LogP contribution is -2.25. The fraction of sp³-hybridized carbons (Fsp3) is 0.333. The van der Waals surface area contributed by atoms with Crippen molar-refractivity contribution in [2.24, 2.45) is 0 Å². The first-order valence-electron chi connectivity index (χ1n) is 6.31. The Morgan fingerprint density at radius 2 is 2.00 bits per heavy atom. The van der Waals surface area contributed by atoms with Crippen molar-refractivity contribution in [3.8, 4) is 5.75 Å². The predicted molar refractivity (Wildman–Crippen MR) is 70.9 cm³/mol. The normalized spacial score (nSPS) is 17.6. The zero-order valence-electron chi connectivity index (χ0n) is 11.0. The zero-order valence-corrected chi connectivity index (χ0v) is 11.0. The van der Waals surface area contributed by atoms with Crippen molar-refractivity contribution in [2.45, 2.75) is 32.0 Å². The van der Waals surface area contributed by atoms with E-state index in [1.165, 1.54) is 6.33 Å². The lowest BCUT2D eigenvalue weighted by atomic mass is 9.97. The highest BCUT2D eigenvalue weighted by atomic mass is 16.5. The predicted octanol–water partition coefficient (Wildman–Crippen LogP) is 2.27. The summed E-state index contributed by atoms with van der Waals surface area (Å²) in [4.78, 5) is 7.88. The molecule has 4 heteroatoms. The summed E-state index contributed by atoms with van der Waals surface area (Å²) in [7, 11) is 0. The Morgan fingerprint density at radius 1 is 1.26 bits per heavy atom. The molecule has 0 bridgehead atoms. The Morgan fingerprint density at radius 3 is 2.74 bits per heavy atom. The molecule has 0 aliphatic carbocycles. The molecule has 1 aliphatic rings. The molecule has 0 saturated carbocycles. The first-order chi connectivity index (χ1) is 9.07. The molecule has 3 rings (SSSR count). The molecule has 1 aromatic carbocycles. The second kappa shape index (κ2) is 4.31. The lowest BCUT2D eigenvalue weighted by molar-refractivity contribution is 0.131. The number of benzene rings is 1. The number of fused-ring (bicyclic) bond motifs is 1. The van der Waals surface area contributed by atoms with Crippen LogP contribution in [0, 0.1) is 0 Å².